The zero-order chi connectivity index (χ0) is 18.9. The minimum absolute atomic E-state index is 0.0606. The quantitative estimate of drug-likeness (QED) is 0.879. The highest BCUT2D eigenvalue weighted by Crippen LogP contribution is 2.50. The van der Waals surface area contributed by atoms with Crippen LogP contribution in [0.2, 0.25) is 0 Å². The number of likely N-dealkylation sites (N-methyl/N-ethyl adjacent to an activating group) is 1. The maximum atomic E-state index is 13.3. The first-order valence-electron chi connectivity index (χ1n) is 9.62. The number of carbonyl (C=O) groups excluding carboxylic acids is 1. The van der Waals surface area contributed by atoms with Gasteiger partial charge in [-0.2, -0.15) is 0 Å². The van der Waals surface area contributed by atoms with Crippen LogP contribution in [0.25, 0.3) is 0 Å². The fraction of sp³-hybridized carbons (Fsp3) is 0.619. The molecule has 0 radical (unpaired) electrons. The third kappa shape index (κ3) is 3.93. The van der Waals surface area contributed by atoms with Gasteiger partial charge < -0.3 is 10.0 Å². The van der Waals surface area contributed by atoms with Crippen LogP contribution in [0.5, 0.6) is 0 Å². The Kier molecular flexibility index (Phi) is 5.37. The van der Waals surface area contributed by atoms with E-state index in [9.17, 15) is 9.59 Å². The van der Waals surface area contributed by atoms with Crippen molar-refractivity contribution in [2.45, 2.75) is 57.4 Å². The molecule has 1 aromatic rings. The number of nitrogens with zero attached hydrogens (tertiary/aromatic N) is 2. The molecule has 5 nitrogen and oxygen atoms in total. The summed E-state index contributed by atoms with van der Waals surface area (Å²) in [6, 6.07) is 6.72. The highest BCUT2D eigenvalue weighted by atomic mass is 16.4. The summed E-state index contributed by atoms with van der Waals surface area (Å²) < 4.78 is 0. The zero-order valence-corrected chi connectivity index (χ0v) is 16.1. The van der Waals surface area contributed by atoms with Crippen LogP contribution >= 0.6 is 0 Å². The van der Waals surface area contributed by atoms with Crippen molar-refractivity contribution in [3.05, 3.63) is 34.9 Å². The van der Waals surface area contributed by atoms with Gasteiger partial charge in [-0.15, -0.1) is 0 Å². The van der Waals surface area contributed by atoms with Gasteiger partial charge in [0.1, 0.15) is 0 Å². The first-order chi connectivity index (χ1) is 12.3. The van der Waals surface area contributed by atoms with Crippen LogP contribution < -0.4 is 0 Å². The molecule has 2 aliphatic rings. The zero-order valence-electron chi connectivity index (χ0n) is 16.1. The SMILES string of the molecule is Cc1cc(C)cc(C2(C(=O)N3CCCC(N(C)CC(=O)O)CC3)CC2)c1. The molecule has 1 N–H and O–H groups in total. The summed E-state index contributed by atoms with van der Waals surface area (Å²) in [5.41, 5.74) is 3.28. The average molecular weight is 358 g/mol. The number of benzene rings is 1. The van der Waals surface area contributed by atoms with Gasteiger partial charge in [-0.25, -0.2) is 0 Å². The highest BCUT2D eigenvalue weighted by Gasteiger charge is 2.53. The first-order valence-corrected chi connectivity index (χ1v) is 9.62. The summed E-state index contributed by atoms with van der Waals surface area (Å²) in [5, 5.41) is 9.00. The maximum absolute atomic E-state index is 13.3. The van der Waals surface area contributed by atoms with Gasteiger partial charge in [0.05, 0.1) is 12.0 Å². The van der Waals surface area contributed by atoms with Gasteiger partial charge in [-0.3, -0.25) is 14.5 Å². The summed E-state index contributed by atoms with van der Waals surface area (Å²) in [6.45, 7) is 5.74. The van der Waals surface area contributed by atoms with Gasteiger partial charge in [0.25, 0.3) is 0 Å². The fourth-order valence-corrected chi connectivity index (χ4v) is 4.37. The molecule has 1 amide bonds. The second-order valence-corrected chi connectivity index (χ2v) is 8.14. The van der Waals surface area contributed by atoms with Gasteiger partial charge in [0, 0.05) is 19.1 Å². The Morgan fingerprint density at radius 3 is 2.38 bits per heavy atom. The molecule has 1 saturated carbocycles. The van der Waals surface area contributed by atoms with Crippen molar-refractivity contribution in [1.82, 2.24) is 9.80 Å². The monoisotopic (exact) mass is 358 g/mol. The molecule has 1 atom stereocenters. The number of likely N-dealkylation sites (tertiary alicyclic amines) is 1. The molecule has 1 aliphatic heterocycles. The van der Waals surface area contributed by atoms with Gasteiger partial charge in [0.15, 0.2) is 0 Å². The molecular formula is C21H30N2O3. The summed E-state index contributed by atoms with van der Waals surface area (Å²) in [4.78, 5) is 28.2. The number of aliphatic carboxylic acids is 1. The fourth-order valence-electron chi connectivity index (χ4n) is 4.37. The molecule has 1 aliphatic carbocycles. The predicted octanol–water partition coefficient (Wildman–Crippen LogP) is 2.73. The third-order valence-electron chi connectivity index (χ3n) is 5.93. The smallest absolute Gasteiger partial charge is 0.317 e. The second kappa shape index (κ2) is 7.39. The Labute approximate surface area is 156 Å². The van der Waals surface area contributed by atoms with E-state index in [1.807, 2.05) is 16.8 Å². The summed E-state index contributed by atoms with van der Waals surface area (Å²) in [7, 11) is 1.87. The summed E-state index contributed by atoms with van der Waals surface area (Å²) >= 11 is 0. The van der Waals surface area contributed by atoms with E-state index < -0.39 is 5.97 Å². The molecular weight excluding hydrogens is 328 g/mol. The van der Waals surface area contributed by atoms with E-state index >= 15 is 0 Å². The van der Waals surface area contributed by atoms with Crippen LogP contribution in [0.3, 0.4) is 0 Å². The Hall–Kier alpha value is -1.88. The topological polar surface area (TPSA) is 60.9 Å². The molecule has 0 bridgehead atoms. The normalized spacial score (nSPS) is 22.2. The van der Waals surface area contributed by atoms with Crippen molar-refractivity contribution in [3.63, 3.8) is 0 Å². The van der Waals surface area contributed by atoms with Crippen LogP contribution in [0.15, 0.2) is 18.2 Å². The molecule has 2 fully saturated rings. The molecule has 1 unspecified atom stereocenters. The van der Waals surface area contributed by atoms with E-state index in [1.165, 1.54) is 16.7 Å². The van der Waals surface area contributed by atoms with E-state index in [4.69, 9.17) is 5.11 Å². The van der Waals surface area contributed by atoms with Crippen molar-refractivity contribution in [2.75, 3.05) is 26.7 Å². The third-order valence-corrected chi connectivity index (χ3v) is 5.93. The number of hydrogen-bond donors (Lipinski definition) is 1. The number of aryl methyl sites for hydroxylation is 2. The lowest BCUT2D eigenvalue weighted by Crippen LogP contribution is -2.41. The van der Waals surface area contributed by atoms with Crippen LogP contribution in [-0.2, 0) is 15.0 Å². The Morgan fingerprint density at radius 1 is 1.15 bits per heavy atom. The van der Waals surface area contributed by atoms with Crippen LogP contribution in [0, 0.1) is 13.8 Å². The molecule has 3 rings (SSSR count). The molecule has 0 aromatic heterocycles. The van der Waals surface area contributed by atoms with E-state index in [2.05, 4.69) is 32.0 Å². The number of rotatable bonds is 5. The van der Waals surface area contributed by atoms with Crippen molar-refractivity contribution >= 4 is 11.9 Å². The first kappa shape index (κ1) is 18.9. The number of carbonyl (C=O) groups is 2. The van der Waals surface area contributed by atoms with Gasteiger partial charge in [0.2, 0.25) is 5.91 Å². The largest absolute Gasteiger partial charge is 0.480 e. The number of carboxylic acids is 1. The summed E-state index contributed by atoms with van der Waals surface area (Å²) in [5.74, 6) is -0.527. The minimum atomic E-state index is -0.795. The Balaban J connectivity index is 1.69. The van der Waals surface area contributed by atoms with E-state index in [0.717, 1.165) is 45.2 Å². The van der Waals surface area contributed by atoms with Crippen LogP contribution in [0.4, 0.5) is 0 Å². The number of hydrogen-bond acceptors (Lipinski definition) is 3. The van der Waals surface area contributed by atoms with Gasteiger partial charge >= 0.3 is 5.97 Å². The van der Waals surface area contributed by atoms with E-state index in [1.54, 1.807) is 0 Å². The summed E-state index contributed by atoms with van der Waals surface area (Å²) in [6.07, 6.45) is 4.60. The molecule has 1 aromatic carbocycles. The highest BCUT2D eigenvalue weighted by molar-refractivity contribution is 5.91. The van der Waals surface area contributed by atoms with E-state index in [0.29, 0.717) is 0 Å². The van der Waals surface area contributed by atoms with Gasteiger partial charge in [-0.1, -0.05) is 29.3 Å². The van der Waals surface area contributed by atoms with Crippen molar-refractivity contribution in [2.24, 2.45) is 0 Å². The lowest BCUT2D eigenvalue weighted by Gasteiger charge is -2.28. The molecule has 1 heterocycles. The van der Waals surface area contributed by atoms with E-state index in [-0.39, 0.29) is 23.9 Å². The molecule has 5 heteroatoms. The second-order valence-electron chi connectivity index (χ2n) is 8.14. The lowest BCUT2D eigenvalue weighted by molar-refractivity contribution is -0.138. The number of carboxylic acid groups (broad SMARTS) is 1. The van der Waals surface area contributed by atoms with Crippen LogP contribution in [0.1, 0.15) is 48.8 Å². The molecule has 142 valence electrons. The Morgan fingerprint density at radius 2 is 1.81 bits per heavy atom. The number of amides is 1. The van der Waals surface area contributed by atoms with Crippen molar-refractivity contribution in [3.8, 4) is 0 Å². The van der Waals surface area contributed by atoms with Crippen LogP contribution in [-0.4, -0.2) is 59.5 Å². The Bertz CT molecular complexity index is 676. The maximum Gasteiger partial charge on any atom is 0.317 e. The standard InChI is InChI=1S/C21H30N2O3/c1-15-11-16(2)13-17(12-15)21(7-8-21)20(26)23-9-4-5-18(6-10-23)22(3)14-19(24)25/h11-13,18H,4-10,14H2,1-3H3,(H,24,25). The molecule has 0 spiro atoms. The molecule has 26 heavy (non-hydrogen) atoms. The van der Waals surface area contributed by atoms with Crippen molar-refractivity contribution < 1.29 is 14.7 Å². The predicted molar refractivity (Wildman–Crippen MR) is 101 cm³/mol. The van der Waals surface area contributed by atoms with Gasteiger partial charge in [-0.05, 0) is 58.6 Å². The average Bonchev–Trinajstić information content (AvgIpc) is 3.37. The van der Waals surface area contributed by atoms with Crippen molar-refractivity contribution in [1.29, 1.82) is 0 Å². The minimum Gasteiger partial charge on any atom is -0.480 e. The molecule has 1 saturated heterocycles. The lowest BCUT2D eigenvalue weighted by atomic mass is 9.91.